The molecular formula is C16H16O8Zn+2. The third-order valence-electron chi connectivity index (χ3n) is 2.56. The molecule has 6 N–H and O–H groups in total. The largest absolute Gasteiger partial charge is 2.00 e. The van der Waals surface area contributed by atoms with E-state index >= 15 is 0 Å². The molecule has 0 saturated carbocycles. The fourth-order valence-electron chi connectivity index (χ4n) is 1.40. The molecule has 0 atom stereocenters. The van der Waals surface area contributed by atoms with Crippen LogP contribution in [0.3, 0.4) is 0 Å². The van der Waals surface area contributed by atoms with E-state index in [-0.39, 0.29) is 41.6 Å². The molecule has 2 aromatic carbocycles. The van der Waals surface area contributed by atoms with Gasteiger partial charge in [0.05, 0.1) is 11.9 Å². The fourth-order valence-corrected chi connectivity index (χ4v) is 1.40. The molecule has 9 heteroatoms. The van der Waals surface area contributed by atoms with Gasteiger partial charge in [0, 0.05) is 11.1 Å². The molecule has 8 nitrogen and oxygen atoms in total. The number of benzene rings is 2. The van der Waals surface area contributed by atoms with E-state index < -0.39 is 11.9 Å². The second-order valence-electron chi connectivity index (χ2n) is 4.05. The Balaban J connectivity index is -0.000000346. The van der Waals surface area contributed by atoms with Gasteiger partial charge in [-0.25, -0.2) is 0 Å². The first-order valence-corrected chi connectivity index (χ1v) is 6.01. The summed E-state index contributed by atoms with van der Waals surface area (Å²) in [4.78, 5) is 40.7. The van der Waals surface area contributed by atoms with Crippen LogP contribution < -0.4 is 10.2 Å². The molecular weight excluding hydrogens is 386 g/mol. The van der Waals surface area contributed by atoms with Crippen LogP contribution in [0.4, 0.5) is 0 Å². The standard InChI is InChI=1S/2C8H6O3.2H2O.Zn/c2*9-5-6-1-3-7(4-2-6)8(10)11;;;/h2*1-5H,(H,10,11);2*1H2;/q;;;;+2. The van der Waals surface area contributed by atoms with Crippen molar-refractivity contribution in [2.24, 2.45) is 0 Å². The summed E-state index contributed by atoms with van der Waals surface area (Å²) >= 11 is 0. The van der Waals surface area contributed by atoms with Crippen molar-refractivity contribution in [1.82, 2.24) is 0 Å². The third-order valence-corrected chi connectivity index (χ3v) is 2.56. The smallest absolute Gasteiger partial charge is 0.545 e. The van der Waals surface area contributed by atoms with Crippen LogP contribution >= 0.6 is 0 Å². The number of rotatable bonds is 4. The molecule has 2 aromatic rings. The van der Waals surface area contributed by atoms with Crippen LogP contribution in [0.25, 0.3) is 0 Å². The maximum absolute atomic E-state index is 10.2. The van der Waals surface area contributed by atoms with Gasteiger partial charge < -0.3 is 30.8 Å². The summed E-state index contributed by atoms with van der Waals surface area (Å²) in [5, 5.41) is 20.4. The van der Waals surface area contributed by atoms with Crippen LogP contribution in [0.1, 0.15) is 41.4 Å². The van der Waals surface area contributed by atoms with E-state index in [0.29, 0.717) is 23.7 Å². The molecule has 0 aliphatic rings. The Bertz CT molecular complexity index is 619. The second-order valence-corrected chi connectivity index (χ2v) is 4.05. The molecule has 0 amide bonds. The molecule has 128 valence electrons. The molecule has 0 aliphatic heterocycles. The summed E-state index contributed by atoms with van der Waals surface area (Å²) < 4.78 is 0. The van der Waals surface area contributed by atoms with Gasteiger partial charge in [0.15, 0.2) is 0 Å². The maximum Gasteiger partial charge on any atom is 2.00 e. The average molecular weight is 402 g/mol. The van der Waals surface area contributed by atoms with Crippen molar-refractivity contribution in [3.63, 3.8) is 0 Å². The molecule has 0 saturated heterocycles. The minimum Gasteiger partial charge on any atom is -0.545 e. The summed E-state index contributed by atoms with van der Waals surface area (Å²) in [6, 6.07) is 11.0. The van der Waals surface area contributed by atoms with Crippen molar-refractivity contribution in [2.75, 3.05) is 0 Å². The van der Waals surface area contributed by atoms with Gasteiger partial charge in [0.2, 0.25) is 0 Å². The van der Waals surface area contributed by atoms with Gasteiger partial charge in [0.1, 0.15) is 12.6 Å². The van der Waals surface area contributed by atoms with Crippen molar-refractivity contribution in [1.29, 1.82) is 0 Å². The monoisotopic (exact) mass is 400 g/mol. The number of hydrogen-bond acceptors (Lipinski definition) is 6. The minimum atomic E-state index is -1.23. The molecule has 25 heavy (non-hydrogen) atoms. The van der Waals surface area contributed by atoms with Crippen LogP contribution in [0.2, 0.25) is 0 Å². The van der Waals surface area contributed by atoms with Crippen LogP contribution in [0.15, 0.2) is 48.5 Å². The van der Waals surface area contributed by atoms with Crippen molar-refractivity contribution < 1.29 is 59.8 Å². The number of carboxylic acids is 2. The number of aldehydes is 2. The third kappa shape index (κ3) is 9.21. The van der Waals surface area contributed by atoms with Crippen molar-refractivity contribution in [2.45, 2.75) is 0 Å². The first-order chi connectivity index (χ1) is 10.5. The van der Waals surface area contributed by atoms with Gasteiger partial charge in [-0.15, -0.1) is 0 Å². The quantitative estimate of drug-likeness (QED) is 0.320. The molecule has 0 heterocycles. The van der Waals surface area contributed by atoms with Gasteiger partial charge >= 0.3 is 19.5 Å². The van der Waals surface area contributed by atoms with Crippen LogP contribution in [0, 0.1) is 0 Å². The zero-order chi connectivity index (χ0) is 16.5. The molecule has 0 bridgehead atoms. The van der Waals surface area contributed by atoms with Crippen LogP contribution in [-0.2, 0) is 30.4 Å². The molecule has 0 aliphatic carbocycles. The zero-order valence-corrected chi connectivity index (χ0v) is 16.1. The van der Waals surface area contributed by atoms with E-state index in [1.165, 1.54) is 48.5 Å². The Morgan fingerprint density at radius 3 is 1.04 bits per heavy atom. The predicted molar refractivity (Wildman–Crippen MR) is 82.1 cm³/mol. The summed E-state index contributed by atoms with van der Waals surface area (Å²) in [6.45, 7) is 0. The van der Waals surface area contributed by atoms with Crippen LogP contribution in [-0.4, -0.2) is 24.5 Å². The number of carbonyl (C=O) groups is 4. The number of aromatic carboxylic acids is 2. The fraction of sp³-hybridized carbons (Fsp3) is 0. The Hall–Kier alpha value is -2.74. The second kappa shape index (κ2) is 13.7. The number of carbonyl (C=O) groups excluding carboxylic acids is 4. The average Bonchev–Trinajstić information content (AvgIpc) is 2.55. The van der Waals surface area contributed by atoms with Crippen LogP contribution in [0.5, 0.6) is 0 Å². The maximum atomic E-state index is 10.2. The first kappa shape index (κ1) is 27.1. The van der Waals surface area contributed by atoms with E-state index in [4.69, 9.17) is 0 Å². The van der Waals surface area contributed by atoms with Gasteiger partial charge in [-0.1, -0.05) is 48.5 Å². The van der Waals surface area contributed by atoms with Gasteiger partial charge in [0.25, 0.3) is 0 Å². The van der Waals surface area contributed by atoms with E-state index in [0.717, 1.165) is 0 Å². The van der Waals surface area contributed by atoms with Crippen molar-refractivity contribution in [3.05, 3.63) is 70.8 Å². The molecule has 0 unspecified atom stereocenters. The Kier molecular flexibility index (Phi) is 14.8. The van der Waals surface area contributed by atoms with E-state index in [1.54, 1.807) is 0 Å². The minimum absolute atomic E-state index is 0. The topological polar surface area (TPSA) is 180 Å². The summed E-state index contributed by atoms with van der Waals surface area (Å²) in [5.41, 5.74) is 1.07. The number of carboxylic acid groups (broad SMARTS) is 2. The molecule has 0 spiro atoms. The van der Waals surface area contributed by atoms with E-state index in [9.17, 15) is 29.4 Å². The molecule has 0 radical (unpaired) electrons. The Labute approximate surface area is 155 Å². The predicted octanol–water partition coefficient (Wildman–Crippen LogP) is -2.12. The number of hydrogen-bond donors (Lipinski definition) is 0. The van der Waals surface area contributed by atoms with Gasteiger partial charge in [-0.05, 0) is 11.1 Å². The van der Waals surface area contributed by atoms with Gasteiger partial charge in [-0.3, -0.25) is 9.59 Å². The Morgan fingerprint density at radius 2 is 0.880 bits per heavy atom. The normalized spacial score (nSPS) is 8.00. The summed E-state index contributed by atoms with van der Waals surface area (Å²) in [5.74, 6) is -2.47. The van der Waals surface area contributed by atoms with E-state index in [1.807, 2.05) is 0 Å². The van der Waals surface area contributed by atoms with Crippen molar-refractivity contribution in [3.8, 4) is 0 Å². The van der Waals surface area contributed by atoms with Gasteiger partial charge in [-0.2, -0.15) is 0 Å². The van der Waals surface area contributed by atoms with Crippen molar-refractivity contribution >= 4 is 24.5 Å². The molecule has 0 fully saturated rings. The summed E-state index contributed by atoms with van der Waals surface area (Å²) in [7, 11) is 0. The SMILES string of the molecule is O=Cc1ccc(C(=O)[O-])cc1.O=Cc1ccc(C(=O)[O-])cc1.[OH3+].[OH3+].[Zn+2]. The molecule has 2 rings (SSSR count). The Morgan fingerprint density at radius 1 is 0.640 bits per heavy atom. The van der Waals surface area contributed by atoms with E-state index in [2.05, 4.69) is 0 Å². The first-order valence-electron chi connectivity index (χ1n) is 6.01. The molecule has 0 aromatic heterocycles. The summed E-state index contributed by atoms with van der Waals surface area (Å²) in [6.07, 6.45) is 1.30. The zero-order valence-electron chi connectivity index (χ0n) is 13.1.